The molecule has 2 fully saturated rings. The van der Waals surface area contributed by atoms with Crippen LogP contribution >= 0.6 is 0 Å². The molecule has 1 saturated heterocycles. The molecule has 17 heavy (non-hydrogen) atoms. The van der Waals surface area contributed by atoms with Gasteiger partial charge >= 0.3 is 5.97 Å². The van der Waals surface area contributed by atoms with E-state index in [4.69, 9.17) is 4.74 Å². The van der Waals surface area contributed by atoms with Crippen molar-refractivity contribution in [1.29, 1.82) is 0 Å². The fourth-order valence-electron chi connectivity index (χ4n) is 2.94. The predicted molar refractivity (Wildman–Crippen MR) is 62.7 cm³/mol. The van der Waals surface area contributed by atoms with Crippen molar-refractivity contribution >= 4 is 5.97 Å². The van der Waals surface area contributed by atoms with E-state index in [9.17, 15) is 9.90 Å². The van der Waals surface area contributed by atoms with Gasteiger partial charge in [0.15, 0.2) is 0 Å². The molecule has 3 heteroatoms. The van der Waals surface area contributed by atoms with Crippen LogP contribution in [0.15, 0.2) is 30.3 Å². The lowest BCUT2D eigenvalue weighted by molar-refractivity contribution is -0.150. The highest BCUT2D eigenvalue weighted by molar-refractivity contribution is 5.75. The fourth-order valence-corrected chi connectivity index (χ4v) is 2.94. The molecule has 2 aliphatic rings. The summed E-state index contributed by atoms with van der Waals surface area (Å²) >= 11 is 0. The molecule has 0 amide bonds. The Morgan fingerprint density at radius 3 is 2.76 bits per heavy atom. The van der Waals surface area contributed by atoms with E-state index in [-0.39, 0.29) is 6.10 Å². The second-order valence-electron chi connectivity index (χ2n) is 5.20. The molecule has 1 aliphatic heterocycles. The Morgan fingerprint density at radius 2 is 2.12 bits per heavy atom. The summed E-state index contributed by atoms with van der Waals surface area (Å²) in [5.41, 5.74) is 0.493. The minimum absolute atomic E-state index is 0.198. The van der Waals surface area contributed by atoms with Crippen molar-refractivity contribution in [2.24, 2.45) is 5.41 Å². The summed E-state index contributed by atoms with van der Waals surface area (Å²) in [4.78, 5) is 11.6. The van der Waals surface area contributed by atoms with Gasteiger partial charge in [0.2, 0.25) is 0 Å². The van der Waals surface area contributed by atoms with Crippen molar-refractivity contribution in [3.63, 3.8) is 0 Å². The van der Waals surface area contributed by atoms with Crippen LogP contribution in [0, 0.1) is 5.41 Å². The second-order valence-corrected chi connectivity index (χ2v) is 5.20. The maximum absolute atomic E-state index is 11.6. The molecular formula is C14H16O3. The van der Waals surface area contributed by atoms with Gasteiger partial charge in [0.1, 0.15) is 0 Å². The minimum atomic E-state index is -0.671. The average Bonchev–Trinajstić information content (AvgIpc) is 3.08. The van der Waals surface area contributed by atoms with Gasteiger partial charge in [-0.05, 0) is 31.2 Å². The molecule has 1 aliphatic carbocycles. The number of aliphatic carboxylic acids is 1. The number of carboxylic acid groups (broad SMARTS) is 1. The predicted octanol–water partition coefficient (Wildman–Crippen LogP) is 2.25. The first kappa shape index (κ1) is 10.8. The molecule has 0 aromatic heterocycles. The molecule has 90 valence electrons. The summed E-state index contributed by atoms with van der Waals surface area (Å²) in [5, 5.41) is 9.53. The fraction of sp³-hybridized carbons (Fsp3) is 0.500. The Kier molecular flexibility index (Phi) is 2.44. The summed E-state index contributed by atoms with van der Waals surface area (Å²) in [6.45, 7) is 0. The number of carbonyl (C=O) groups is 1. The lowest BCUT2D eigenvalue weighted by Gasteiger charge is -2.31. The van der Waals surface area contributed by atoms with Crippen molar-refractivity contribution in [2.45, 2.75) is 37.9 Å². The molecule has 1 heterocycles. The molecule has 3 nitrogen and oxygen atoms in total. The van der Waals surface area contributed by atoms with E-state index in [1.54, 1.807) is 0 Å². The van der Waals surface area contributed by atoms with Crippen LogP contribution in [0.3, 0.4) is 0 Å². The largest absolute Gasteiger partial charge is 0.481 e. The normalized spacial score (nSPS) is 35.1. The maximum atomic E-state index is 11.6. The van der Waals surface area contributed by atoms with Crippen LogP contribution in [-0.2, 0) is 16.0 Å². The third-order valence-electron chi connectivity index (χ3n) is 4.03. The number of rotatable bonds is 3. The monoisotopic (exact) mass is 232 g/mol. The zero-order valence-corrected chi connectivity index (χ0v) is 9.63. The molecule has 0 radical (unpaired) electrons. The lowest BCUT2D eigenvalue weighted by Crippen LogP contribution is -2.38. The number of carboxylic acids is 1. The number of epoxide rings is 1. The first-order chi connectivity index (χ1) is 8.20. The highest BCUT2D eigenvalue weighted by atomic mass is 16.6. The molecular weight excluding hydrogens is 216 g/mol. The number of hydrogen-bond donors (Lipinski definition) is 1. The van der Waals surface area contributed by atoms with E-state index in [0.29, 0.717) is 18.9 Å². The van der Waals surface area contributed by atoms with Crippen molar-refractivity contribution < 1.29 is 14.6 Å². The average molecular weight is 232 g/mol. The summed E-state index contributed by atoms with van der Waals surface area (Å²) in [7, 11) is 0. The quantitative estimate of drug-likeness (QED) is 0.813. The van der Waals surface area contributed by atoms with Gasteiger partial charge in [0.25, 0.3) is 0 Å². The van der Waals surface area contributed by atoms with Crippen molar-refractivity contribution in [3.05, 3.63) is 35.9 Å². The molecule has 1 N–H and O–H groups in total. The van der Waals surface area contributed by atoms with Crippen LogP contribution in [0.25, 0.3) is 0 Å². The highest BCUT2D eigenvalue weighted by Gasteiger charge is 2.53. The van der Waals surface area contributed by atoms with E-state index in [0.717, 1.165) is 18.4 Å². The smallest absolute Gasteiger partial charge is 0.310 e. The second kappa shape index (κ2) is 3.84. The zero-order chi connectivity index (χ0) is 11.9. The number of fused-ring (bicyclic) bond motifs is 1. The third-order valence-corrected chi connectivity index (χ3v) is 4.03. The van der Waals surface area contributed by atoms with Gasteiger partial charge in [-0.15, -0.1) is 0 Å². The van der Waals surface area contributed by atoms with E-state index in [1.807, 2.05) is 30.3 Å². The van der Waals surface area contributed by atoms with Crippen LogP contribution in [-0.4, -0.2) is 23.3 Å². The van der Waals surface area contributed by atoms with Gasteiger partial charge in [-0.25, -0.2) is 0 Å². The Hall–Kier alpha value is -1.35. The first-order valence-corrected chi connectivity index (χ1v) is 6.12. The van der Waals surface area contributed by atoms with Crippen LogP contribution in [0.4, 0.5) is 0 Å². The van der Waals surface area contributed by atoms with Crippen molar-refractivity contribution in [3.8, 4) is 0 Å². The Morgan fingerprint density at radius 1 is 1.35 bits per heavy atom. The molecule has 3 rings (SSSR count). The number of benzene rings is 1. The van der Waals surface area contributed by atoms with Gasteiger partial charge in [0.05, 0.1) is 17.6 Å². The number of ether oxygens (including phenoxy) is 1. The minimum Gasteiger partial charge on any atom is -0.481 e. The van der Waals surface area contributed by atoms with Gasteiger partial charge in [-0.3, -0.25) is 4.79 Å². The Balaban J connectivity index is 1.82. The molecule has 0 bridgehead atoms. The lowest BCUT2D eigenvalue weighted by atomic mass is 9.70. The van der Waals surface area contributed by atoms with Crippen LogP contribution in [0.5, 0.6) is 0 Å². The summed E-state index contributed by atoms with van der Waals surface area (Å²) in [6, 6.07) is 9.89. The van der Waals surface area contributed by atoms with Gasteiger partial charge in [-0.1, -0.05) is 30.3 Å². The van der Waals surface area contributed by atoms with E-state index < -0.39 is 11.4 Å². The number of hydrogen-bond acceptors (Lipinski definition) is 2. The molecule has 1 saturated carbocycles. The molecule has 1 aromatic rings. The SMILES string of the molecule is O=C(O)[C@@]1(Cc2ccccc2)CC[C@H]2O[C@H]2C1. The first-order valence-electron chi connectivity index (χ1n) is 6.12. The molecule has 0 unspecified atom stereocenters. The highest BCUT2D eigenvalue weighted by Crippen LogP contribution is 2.48. The summed E-state index contributed by atoms with van der Waals surface area (Å²) in [5.74, 6) is -0.671. The van der Waals surface area contributed by atoms with Crippen molar-refractivity contribution in [2.75, 3.05) is 0 Å². The zero-order valence-electron chi connectivity index (χ0n) is 9.63. The van der Waals surface area contributed by atoms with E-state index in [1.165, 1.54) is 0 Å². The Labute approximate surface area is 100 Å². The van der Waals surface area contributed by atoms with Gasteiger partial charge < -0.3 is 9.84 Å². The van der Waals surface area contributed by atoms with E-state index >= 15 is 0 Å². The topological polar surface area (TPSA) is 49.8 Å². The summed E-state index contributed by atoms with van der Waals surface area (Å²) < 4.78 is 5.46. The van der Waals surface area contributed by atoms with Crippen LogP contribution < -0.4 is 0 Å². The van der Waals surface area contributed by atoms with E-state index in [2.05, 4.69) is 0 Å². The van der Waals surface area contributed by atoms with Crippen LogP contribution in [0.1, 0.15) is 24.8 Å². The van der Waals surface area contributed by atoms with Gasteiger partial charge in [-0.2, -0.15) is 0 Å². The Bertz CT molecular complexity index is 428. The molecule has 3 atom stereocenters. The van der Waals surface area contributed by atoms with Crippen LogP contribution in [0.2, 0.25) is 0 Å². The van der Waals surface area contributed by atoms with Gasteiger partial charge in [0, 0.05) is 0 Å². The van der Waals surface area contributed by atoms with Crippen molar-refractivity contribution in [1.82, 2.24) is 0 Å². The summed E-state index contributed by atoms with van der Waals surface area (Å²) in [6.07, 6.45) is 3.46. The molecule has 1 aromatic carbocycles. The molecule has 0 spiro atoms. The standard InChI is InChI=1S/C14H16O3/c15-13(16)14(7-6-11-12(9-14)17-11)8-10-4-2-1-3-5-10/h1-5,11-12H,6-9H2,(H,15,16)/t11-,12+,14-/m1/s1. The third kappa shape index (κ3) is 1.95. The maximum Gasteiger partial charge on any atom is 0.310 e.